The topological polar surface area (TPSA) is 146 Å². The van der Waals surface area contributed by atoms with Crippen molar-refractivity contribution in [2.45, 2.75) is 10.6 Å². The molecule has 0 aliphatic heterocycles. The summed E-state index contributed by atoms with van der Waals surface area (Å²) in [6.07, 6.45) is 0. The van der Waals surface area contributed by atoms with Gasteiger partial charge in [0.1, 0.15) is 17.3 Å². The number of sulfone groups is 1. The molecule has 4 aromatic rings. The van der Waals surface area contributed by atoms with Crippen LogP contribution < -0.4 is 25.8 Å². The standard InChI is InChI=1S/C25H25N5O5S/c1-34-18-10-17(11-19(13-18)35-2)28-25-23(29-21-8-3-4-9-22(21)30-25)15-36(32,33)20-7-5-6-16(12-20)27-24(31)14-26/h3-13H,14-15,26H2,1-2H3,(H,27,31)(H,28,30). The van der Waals surface area contributed by atoms with Crippen LogP contribution in [0, 0.1) is 0 Å². The molecule has 36 heavy (non-hydrogen) atoms. The Morgan fingerprint density at radius 1 is 0.889 bits per heavy atom. The number of hydrogen-bond acceptors (Lipinski definition) is 9. The van der Waals surface area contributed by atoms with Crippen molar-refractivity contribution in [1.82, 2.24) is 9.97 Å². The average molecular weight is 508 g/mol. The molecular formula is C25H25N5O5S. The van der Waals surface area contributed by atoms with Crippen LogP contribution in [0.25, 0.3) is 11.0 Å². The lowest BCUT2D eigenvalue weighted by Gasteiger charge is -2.14. The predicted octanol–water partition coefficient (Wildman–Crippen LogP) is 3.26. The molecule has 186 valence electrons. The number of methoxy groups -OCH3 is 2. The van der Waals surface area contributed by atoms with Gasteiger partial charge in [0, 0.05) is 29.6 Å². The first kappa shape index (κ1) is 24.9. The van der Waals surface area contributed by atoms with E-state index >= 15 is 0 Å². The van der Waals surface area contributed by atoms with Crippen LogP contribution >= 0.6 is 0 Å². The number of anilines is 3. The maximum atomic E-state index is 13.4. The van der Waals surface area contributed by atoms with Gasteiger partial charge < -0.3 is 25.8 Å². The first-order valence-electron chi connectivity index (χ1n) is 10.9. The molecule has 0 unspecified atom stereocenters. The minimum Gasteiger partial charge on any atom is -0.497 e. The number of amides is 1. The summed E-state index contributed by atoms with van der Waals surface area (Å²) in [6.45, 7) is -0.215. The Kier molecular flexibility index (Phi) is 7.32. The molecule has 0 radical (unpaired) electrons. The van der Waals surface area contributed by atoms with Gasteiger partial charge in [-0.25, -0.2) is 18.4 Å². The molecule has 0 fully saturated rings. The number of benzene rings is 3. The maximum Gasteiger partial charge on any atom is 0.238 e. The summed E-state index contributed by atoms with van der Waals surface area (Å²) in [5.74, 6) is 0.528. The summed E-state index contributed by atoms with van der Waals surface area (Å²) in [5, 5.41) is 5.73. The van der Waals surface area contributed by atoms with E-state index in [1.165, 1.54) is 26.4 Å². The molecule has 10 nitrogen and oxygen atoms in total. The Bertz CT molecular complexity index is 1500. The van der Waals surface area contributed by atoms with Gasteiger partial charge >= 0.3 is 0 Å². The van der Waals surface area contributed by atoms with Crippen LogP contribution in [0.15, 0.2) is 71.6 Å². The highest BCUT2D eigenvalue weighted by Gasteiger charge is 2.21. The second kappa shape index (κ2) is 10.6. The number of aromatic nitrogens is 2. The molecular weight excluding hydrogens is 482 g/mol. The fraction of sp³-hybridized carbons (Fsp3) is 0.160. The number of para-hydroxylation sites is 2. The molecule has 4 rings (SSSR count). The van der Waals surface area contributed by atoms with E-state index in [1.807, 2.05) is 6.07 Å². The third kappa shape index (κ3) is 5.70. The van der Waals surface area contributed by atoms with Crippen LogP contribution in [-0.2, 0) is 20.4 Å². The van der Waals surface area contributed by atoms with E-state index in [2.05, 4.69) is 20.6 Å². The highest BCUT2D eigenvalue weighted by molar-refractivity contribution is 7.90. The lowest BCUT2D eigenvalue weighted by molar-refractivity contribution is -0.114. The number of nitrogens with two attached hydrogens (primary N) is 1. The molecule has 1 amide bonds. The monoisotopic (exact) mass is 507 g/mol. The smallest absolute Gasteiger partial charge is 0.238 e. The fourth-order valence-corrected chi connectivity index (χ4v) is 4.82. The quantitative estimate of drug-likeness (QED) is 0.311. The third-order valence-corrected chi connectivity index (χ3v) is 6.87. The van der Waals surface area contributed by atoms with Crippen molar-refractivity contribution in [2.75, 3.05) is 31.4 Å². The van der Waals surface area contributed by atoms with Gasteiger partial charge in [0.2, 0.25) is 5.91 Å². The van der Waals surface area contributed by atoms with Crippen molar-refractivity contribution >= 4 is 44.0 Å². The summed E-state index contributed by atoms with van der Waals surface area (Å²) in [6, 6.07) is 18.4. The van der Waals surface area contributed by atoms with E-state index in [1.54, 1.807) is 48.5 Å². The van der Waals surface area contributed by atoms with Gasteiger partial charge in [-0.15, -0.1) is 0 Å². The minimum atomic E-state index is -3.86. The highest BCUT2D eigenvalue weighted by Crippen LogP contribution is 2.30. The van der Waals surface area contributed by atoms with Crippen molar-refractivity contribution in [3.05, 3.63) is 72.4 Å². The average Bonchev–Trinajstić information content (AvgIpc) is 2.88. The lowest BCUT2D eigenvalue weighted by Crippen LogP contribution is -2.22. The van der Waals surface area contributed by atoms with Crippen molar-refractivity contribution in [3.63, 3.8) is 0 Å². The number of ether oxygens (including phenoxy) is 2. The number of nitrogens with one attached hydrogen (secondary N) is 2. The minimum absolute atomic E-state index is 0.0290. The van der Waals surface area contributed by atoms with Gasteiger partial charge in [0.05, 0.1) is 42.4 Å². The summed E-state index contributed by atoms with van der Waals surface area (Å²) < 4.78 is 37.4. The van der Waals surface area contributed by atoms with E-state index in [9.17, 15) is 13.2 Å². The SMILES string of the molecule is COc1cc(Nc2nc3ccccc3nc2CS(=O)(=O)c2cccc(NC(=O)CN)c2)cc(OC)c1. The molecule has 0 spiro atoms. The van der Waals surface area contributed by atoms with E-state index in [0.29, 0.717) is 33.9 Å². The summed E-state index contributed by atoms with van der Waals surface area (Å²) in [7, 11) is -0.786. The molecule has 0 bridgehead atoms. The molecule has 1 heterocycles. The molecule has 0 atom stereocenters. The van der Waals surface area contributed by atoms with Crippen LogP contribution in [0.5, 0.6) is 11.5 Å². The molecule has 0 aliphatic rings. The van der Waals surface area contributed by atoms with Crippen molar-refractivity contribution in [1.29, 1.82) is 0 Å². The number of rotatable bonds is 9. The molecule has 0 aliphatic carbocycles. The van der Waals surface area contributed by atoms with Crippen molar-refractivity contribution in [2.24, 2.45) is 5.73 Å². The second-order valence-electron chi connectivity index (χ2n) is 7.77. The van der Waals surface area contributed by atoms with Gasteiger partial charge in [-0.3, -0.25) is 4.79 Å². The lowest BCUT2D eigenvalue weighted by atomic mass is 10.2. The van der Waals surface area contributed by atoms with E-state index in [-0.39, 0.29) is 23.0 Å². The van der Waals surface area contributed by atoms with E-state index < -0.39 is 21.5 Å². The summed E-state index contributed by atoms with van der Waals surface area (Å²) >= 11 is 0. The Labute approximate surface area is 208 Å². The predicted molar refractivity (Wildman–Crippen MR) is 137 cm³/mol. The maximum absolute atomic E-state index is 13.4. The molecule has 3 aromatic carbocycles. The first-order valence-corrected chi connectivity index (χ1v) is 12.5. The Morgan fingerprint density at radius 2 is 1.56 bits per heavy atom. The van der Waals surface area contributed by atoms with Gasteiger partial charge in [0.15, 0.2) is 15.7 Å². The zero-order valence-electron chi connectivity index (χ0n) is 19.7. The Hall–Kier alpha value is -4.22. The zero-order valence-corrected chi connectivity index (χ0v) is 20.5. The third-order valence-electron chi connectivity index (χ3n) is 5.25. The van der Waals surface area contributed by atoms with Crippen molar-refractivity contribution < 1.29 is 22.7 Å². The van der Waals surface area contributed by atoms with Crippen LogP contribution in [-0.4, -0.2) is 45.1 Å². The second-order valence-corrected chi connectivity index (χ2v) is 9.76. The number of hydrogen-bond donors (Lipinski definition) is 3. The zero-order chi connectivity index (χ0) is 25.7. The van der Waals surface area contributed by atoms with Crippen LogP contribution in [0.1, 0.15) is 5.69 Å². The molecule has 0 saturated carbocycles. The number of fused-ring (bicyclic) bond motifs is 1. The highest BCUT2D eigenvalue weighted by atomic mass is 32.2. The molecule has 11 heteroatoms. The van der Waals surface area contributed by atoms with E-state index in [4.69, 9.17) is 15.2 Å². The van der Waals surface area contributed by atoms with Crippen LogP contribution in [0.2, 0.25) is 0 Å². The van der Waals surface area contributed by atoms with Crippen LogP contribution in [0.3, 0.4) is 0 Å². The van der Waals surface area contributed by atoms with Gasteiger partial charge in [0.25, 0.3) is 0 Å². The van der Waals surface area contributed by atoms with Crippen molar-refractivity contribution in [3.8, 4) is 11.5 Å². The summed E-state index contributed by atoms with van der Waals surface area (Å²) in [5.41, 5.74) is 7.64. The molecule has 0 saturated heterocycles. The molecule has 4 N–H and O–H groups in total. The first-order chi connectivity index (χ1) is 17.3. The Morgan fingerprint density at radius 3 is 2.19 bits per heavy atom. The molecule has 1 aromatic heterocycles. The number of carbonyl (C=O) groups excluding carboxylic acids is 1. The number of carbonyl (C=O) groups is 1. The Balaban J connectivity index is 1.74. The normalized spacial score (nSPS) is 11.2. The largest absolute Gasteiger partial charge is 0.497 e. The van der Waals surface area contributed by atoms with Crippen LogP contribution in [0.4, 0.5) is 17.2 Å². The van der Waals surface area contributed by atoms with E-state index in [0.717, 1.165) is 0 Å². The number of nitrogens with zero attached hydrogens (tertiary/aromatic N) is 2. The van der Waals surface area contributed by atoms with Gasteiger partial charge in [-0.1, -0.05) is 18.2 Å². The fourth-order valence-electron chi connectivity index (χ4n) is 3.50. The van der Waals surface area contributed by atoms with Gasteiger partial charge in [-0.05, 0) is 30.3 Å². The van der Waals surface area contributed by atoms with Gasteiger partial charge in [-0.2, -0.15) is 0 Å². The summed E-state index contributed by atoms with van der Waals surface area (Å²) in [4.78, 5) is 20.9.